The highest BCUT2D eigenvalue weighted by atomic mass is 16.5. The fraction of sp³-hybridized carbons (Fsp3) is 0.667. The largest absolute Gasteiger partial charge is 0.495 e. The topological polar surface area (TPSA) is 46.6 Å². The van der Waals surface area contributed by atoms with Crippen LogP contribution in [-0.4, -0.2) is 107 Å². The maximum Gasteiger partial charge on any atom is 0.194 e. The minimum atomic E-state index is 0.488. The van der Waals surface area contributed by atoms with E-state index in [1.807, 2.05) is 12.1 Å². The zero-order chi connectivity index (χ0) is 19.9. The summed E-state index contributed by atoms with van der Waals surface area (Å²) in [6.45, 7) is 11.1. The monoisotopic (exact) mass is 388 g/mol. The zero-order valence-corrected chi connectivity index (χ0v) is 17.9. The van der Waals surface area contributed by atoms with Crippen LogP contribution in [-0.2, 0) is 0 Å². The number of methoxy groups -OCH3 is 1. The summed E-state index contributed by atoms with van der Waals surface area (Å²) in [5, 5.41) is 3.50. The van der Waals surface area contributed by atoms with Gasteiger partial charge in [0.2, 0.25) is 0 Å². The van der Waals surface area contributed by atoms with Gasteiger partial charge in [0.1, 0.15) is 5.75 Å². The second kappa shape index (κ2) is 9.98. The van der Waals surface area contributed by atoms with Gasteiger partial charge >= 0.3 is 0 Å². The van der Waals surface area contributed by atoms with Crippen LogP contribution in [0.15, 0.2) is 29.3 Å². The maximum atomic E-state index is 5.54. The first kappa shape index (κ1) is 20.7. The Kier molecular flexibility index (Phi) is 7.39. The van der Waals surface area contributed by atoms with Gasteiger partial charge in [-0.3, -0.25) is 9.89 Å². The van der Waals surface area contributed by atoms with Gasteiger partial charge in [0.15, 0.2) is 5.96 Å². The van der Waals surface area contributed by atoms with Gasteiger partial charge in [-0.2, -0.15) is 0 Å². The lowest BCUT2D eigenvalue weighted by Crippen LogP contribution is -2.54. The Morgan fingerprint density at radius 2 is 1.86 bits per heavy atom. The molecule has 0 amide bonds. The fourth-order valence-electron chi connectivity index (χ4n) is 3.97. The summed E-state index contributed by atoms with van der Waals surface area (Å²) in [6.07, 6.45) is 0. The van der Waals surface area contributed by atoms with E-state index in [9.17, 15) is 0 Å². The molecule has 0 saturated carbocycles. The third-order valence-corrected chi connectivity index (χ3v) is 5.77. The Morgan fingerprint density at radius 1 is 1.11 bits per heavy atom. The van der Waals surface area contributed by atoms with Gasteiger partial charge in [-0.25, -0.2) is 0 Å². The number of piperazine rings is 2. The molecule has 0 bridgehead atoms. The fourth-order valence-corrected chi connectivity index (χ4v) is 3.97. The second-order valence-electron chi connectivity index (χ2n) is 7.74. The van der Waals surface area contributed by atoms with E-state index >= 15 is 0 Å². The van der Waals surface area contributed by atoms with Gasteiger partial charge in [-0.05, 0) is 33.2 Å². The Hall–Kier alpha value is -1.99. The van der Waals surface area contributed by atoms with E-state index in [1.165, 1.54) is 5.69 Å². The summed E-state index contributed by atoms with van der Waals surface area (Å²) in [6, 6.07) is 8.76. The SMILES string of the molecule is CCNC(=NCC1CN(C)CCN1C)N1CCN(c2ccccc2OC)CC1. The van der Waals surface area contributed by atoms with Crippen molar-refractivity contribution in [1.82, 2.24) is 20.0 Å². The highest BCUT2D eigenvalue weighted by Crippen LogP contribution is 2.28. The summed E-state index contributed by atoms with van der Waals surface area (Å²) in [7, 11) is 6.16. The Bertz CT molecular complexity index is 644. The highest BCUT2D eigenvalue weighted by Gasteiger charge is 2.24. The number of nitrogens with one attached hydrogen (secondary N) is 1. The number of benzene rings is 1. The molecule has 1 aromatic carbocycles. The normalized spacial score (nSPS) is 22.4. The van der Waals surface area contributed by atoms with Crippen LogP contribution in [0.4, 0.5) is 5.69 Å². The minimum Gasteiger partial charge on any atom is -0.495 e. The number of ether oxygens (including phenoxy) is 1. The molecule has 0 radical (unpaired) electrons. The van der Waals surface area contributed by atoms with Crippen LogP contribution in [0.1, 0.15) is 6.92 Å². The Balaban J connectivity index is 1.61. The number of likely N-dealkylation sites (N-methyl/N-ethyl adjacent to an activating group) is 2. The quantitative estimate of drug-likeness (QED) is 0.601. The molecule has 156 valence electrons. The molecule has 2 heterocycles. The molecular formula is C21H36N6O. The lowest BCUT2D eigenvalue weighted by Gasteiger charge is -2.39. The molecule has 1 unspecified atom stereocenters. The molecule has 2 saturated heterocycles. The average Bonchev–Trinajstić information content (AvgIpc) is 2.73. The summed E-state index contributed by atoms with van der Waals surface area (Å²) in [5.74, 6) is 1.99. The van der Waals surface area contributed by atoms with E-state index in [0.29, 0.717) is 6.04 Å². The lowest BCUT2D eigenvalue weighted by atomic mass is 10.2. The van der Waals surface area contributed by atoms with E-state index in [-0.39, 0.29) is 0 Å². The van der Waals surface area contributed by atoms with Crippen molar-refractivity contribution < 1.29 is 4.74 Å². The van der Waals surface area contributed by atoms with Gasteiger partial charge in [0, 0.05) is 58.4 Å². The Labute approximate surface area is 169 Å². The van der Waals surface area contributed by atoms with E-state index in [2.05, 4.69) is 58.1 Å². The molecule has 1 N–H and O–H groups in total. The number of hydrogen-bond acceptors (Lipinski definition) is 5. The van der Waals surface area contributed by atoms with Crippen LogP contribution >= 0.6 is 0 Å². The van der Waals surface area contributed by atoms with Crippen LogP contribution < -0.4 is 15.0 Å². The van der Waals surface area contributed by atoms with E-state index in [4.69, 9.17) is 9.73 Å². The molecule has 2 aliphatic heterocycles. The van der Waals surface area contributed by atoms with Gasteiger partial charge in [0.05, 0.1) is 19.3 Å². The predicted octanol–water partition coefficient (Wildman–Crippen LogP) is 1.03. The van der Waals surface area contributed by atoms with Gasteiger partial charge in [0.25, 0.3) is 0 Å². The summed E-state index contributed by atoms with van der Waals surface area (Å²) < 4.78 is 5.54. The van der Waals surface area contributed by atoms with Crippen molar-refractivity contribution in [3.63, 3.8) is 0 Å². The molecule has 0 spiro atoms. The standard InChI is InChI=1S/C21H36N6O/c1-5-22-21(23-16-18-17-24(2)10-11-25(18)3)27-14-12-26(13-15-27)19-8-6-7-9-20(19)28-4/h6-9,18H,5,10-17H2,1-4H3,(H,22,23). The molecule has 3 rings (SSSR count). The van der Waals surface area contributed by atoms with Crippen molar-refractivity contribution in [3.05, 3.63) is 24.3 Å². The van der Waals surface area contributed by atoms with Gasteiger partial charge in [-0.1, -0.05) is 12.1 Å². The zero-order valence-electron chi connectivity index (χ0n) is 17.9. The van der Waals surface area contributed by atoms with E-state index < -0.39 is 0 Å². The van der Waals surface area contributed by atoms with Gasteiger partial charge < -0.3 is 24.8 Å². The van der Waals surface area contributed by atoms with Crippen molar-refractivity contribution in [2.45, 2.75) is 13.0 Å². The lowest BCUT2D eigenvalue weighted by molar-refractivity contribution is 0.119. The highest BCUT2D eigenvalue weighted by molar-refractivity contribution is 5.80. The molecule has 2 fully saturated rings. The van der Waals surface area contributed by atoms with Crippen LogP contribution in [0.25, 0.3) is 0 Å². The first-order chi connectivity index (χ1) is 13.6. The van der Waals surface area contributed by atoms with E-state index in [0.717, 1.165) is 70.6 Å². The first-order valence-electron chi connectivity index (χ1n) is 10.4. The third-order valence-electron chi connectivity index (χ3n) is 5.77. The molecule has 28 heavy (non-hydrogen) atoms. The molecule has 2 aliphatic rings. The third kappa shape index (κ3) is 5.08. The summed E-state index contributed by atoms with van der Waals surface area (Å²) in [5.41, 5.74) is 1.18. The molecule has 7 nitrogen and oxygen atoms in total. The maximum absolute atomic E-state index is 5.54. The van der Waals surface area contributed by atoms with Crippen molar-refractivity contribution in [2.75, 3.05) is 85.0 Å². The predicted molar refractivity (Wildman–Crippen MR) is 117 cm³/mol. The van der Waals surface area contributed by atoms with Crippen LogP contribution in [0, 0.1) is 0 Å². The molecule has 0 aliphatic carbocycles. The molecule has 1 atom stereocenters. The van der Waals surface area contributed by atoms with Crippen molar-refractivity contribution in [3.8, 4) is 5.75 Å². The number of nitrogens with zero attached hydrogens (tertiary/aromatic N) is 5. The second-order valence-corrected chi connectivity index (χ2v) is 7.74. The van der Waals surface area contributed by atoms with Crippen molar-refractivity contribution >= 4 is 11.6 Å². The number of rotatable bonds is 5. The van der Waals surface area contributed by atoms with E-state index in [1.54, 1.807) is 7.11 Å². The number of para-hydroxylation sites is 2. The van der Waals surface area contributed by atoms with Crippen molar-refractivity contribution in [1.29, 1.82) is 0 Å². The van der Waals surface area contributed by atoms with Gasteiger partial charge in [-0.15, -0.1) is 0 Å². The molecule has 7 heteroatoms. The first-order valence-corrected chi connectivity index (χ1v) is 10.4. The number of anilines is 1. The van der Waals surface area contributed by atoms with Crippen LogP contribution in [0.3, 0.4) is 0 Å². The number of aliphatic imine (C=N–C) groups is 1. The summed E-state index contributed by atoms with van der Waals surface area (Å²) >= 11 is 0. The smallest absolute Gasteiger partial charge is 0.194 e. The minimum absolute atomic E-state index is 0.488. The average molecular weight is 389 g/mol. The number of guanidine groups is 1. The number of hydrogen-bond donors (Lipinski definition) is 1. The summed E-state index contributed by atoms with van der Waals surface area (Å²) in [4.78, 5) is 14.6. The molecular weight excluding hydrogens is 352 g/mol. The van der Waals surface area contributed by atoms with Crippen LogP contribution in [0.5, 0.6) is 5.75 Å². The molecule has 0 aromatic heterocycles. The molecule has 1 aromatic rings. The van der Waals surface area contributed by atoms with Crippen molar-refractivity contribution in [2.24, 2.45) is 4.99 Å². The Morgan fingerprint density at radius 3 is 2.57 bits per heavy atom. The van der Waals surface area contributed by atoms with Crippen LogP contribution in [0.2, 0.25) is 0 Å².